The number of fused-ring (bicyclic) bond motifs is 1. The van der Waals surface area contributed by atoms with Gasteiger partial charge in [0.2, 0.25) is 0 Å². The first-order chi connectivity index (χ1) is 10.5. The van der Waals surface area contributed by atoms with Gasteiger partial charge in [0.1, 0.15) is 0 Å². The predicted molar refractivity (Wildman–Crippen MR) is 86.7 cm³/mol. The van der Waals surface area contributed by atoms with Gasteiger partial charge in [0.05, 0.1) is 0 Å². The fraction of sp³-hybridized carbons (Fsp3) is 0.765. The van der Waals surface area contributed by atoms with Crippen LogP contribution in [0.4, 0.5) is 0 Å². The predicted octanol–water partition coefficient (Wildman–Crippen LogP) is 2.39. The van der Waals surface area contributed by atoms with E-state index in [0.29, 0.717) is 11.6 Å². The largest absolute Gasteiger partial charge is 0.348 e. The fourth-order valence-electron chi connectivity index (χ4n) is 3.99. The summed E-state index contributed by atoms with van der Waals surface area (Å²) in [7, 11) is 0. The van der Waals surface area contributed by atoms with Crippen LogP contribution in [0.25, 0.3) is 0 Å². The molecule has 2 atom stereocenters. The van der Waals surface area contributed by atoms with Crippen LogP contribution in [0.3, 0.4) is 0 Å². The molecule has 3 rings (SSSR count). The summed E-state index contributed by atoms with van der Waals surface area (Å²) >= 11 is 0. The van der Waals surface area contributed by atoms with Crippen molar-refractivity contribution < 1.29 is 4.79 Å². The van der Waals surface area contributed by atoms with Gasteiger partial charge >= 0.3 is 0 Å². The summed E-state index contributed by atoms with van der Waals surface area (Å²) in [6, 6.07) is 0.269. The molecule has 0 bridgehead atoms. The number of aromatic nitrogens is 2. The molecule has 1 fully saturated rings. The highest BCUT2D eigenvalue weighted by atomic mass is 16.2. The van der Waals surface area contributed by atoms with Gasteiger partial charge in [0.25, 0.3) is 5.91 Å². The summed E-state index contributed by atoms with van der Waals surface area (Å²) < 4.78 is 0. The zero-order valence-electron chi connectivity index (χ0n) is 14.0. The van der Waals surface area contributed by atoms with Crippen LogP contribution in [-0.2, 0) is 13.0 Å². The summed E-state index contributed by atoms with van der Waals surface area (Å²) in [4.78, 5) is 12.7. The van der Waals surface area contributed by atoms with E-state index in [9.17, 15) is 4.79 Å². The number of aromatic amines is 1. The second-order valence-electron chi connectivity index (χ2n) is 7.79. The molecule has 1 aliphatic carbocycles. The van der Waals surface area contributed by atoms with Crippen molar-refractivity contribution in [2.24, 2.45) is 11.3 Å². The molecule has 1 aliphatic heterocycles. The quantitative estimate of drug-likeness (QED) is 0.786. The van der Waals surface area contributed by atoms with Crippen LogP contribution >= 0.6 is 0 Å². The topological polar surface area (TPSA) is 69.8 Å². The van der Waals surface area contributed by atoms with E-state index < -0.39 is 0 Å². The van der Waals surface area contributed by atoms with Crippen LogP contribution in [0.5, 0.6) is 0 Å². The second kappa shape index (κ2) is 6.03. The minimum Gasteiger partial charge on any atom is -0.348 e. The highest BCUT2D eigenvalue weighted by molar-refractivity contribution is 5.94. The average Bonchev–Trinajstić information content (AvgIpc) is 2.90. The van der Waals surface area contributed by atoms with Crippen molar-refractivity contribution >= 4 is 5.91 Å². The van der Waals surface area contributed by atoms with Gasteiger partial charge in [-0.15, -0.1) is 0 Å². The van der Waals surface area contributed by atoms with Crippen molar-refractivity contribution in [1.82, 2.24) is 20.8 Å². The van der Waals surface area contributed by atoms with E-state index in [2.05, 4.69) is 41.6 Å². The van der Waals surface area contributed by atoms with Gasteiger partial charge < -0.3 is 10.6 Å². The molecule has 0 saturated heterocycles. The van der Waals surface area contributed by atoms with Crippen LogP contribution < -0.4 is 10.6 Å². The third-order valence-electron chi connectivity index (χ3n) is 5.22. The van der Waals surface area contributed by atoms with Crippen molar-refractivity contribution in [3.05, 3.63) is 17.0 Å². The van der Waals surface area contributed by atoms with E-state index in [4.69, 9.17) is 0 Å². The summed E-state index contributed by atoms with van der Waals surface area (Å²) in [5.74, 6) is 0.528. The van der Waals surface area contributed by atoms with Crippen LogP contribution in [0.2, 0.25) is 0 Å². The number of hydrogen-bond acceptors (Lipinski definition) is 3. The van der Waals surface area contributed by atoms with Gasteiger partial charge in [-0.3, -0.25) is 9.89 Å². The molecule has 1 aromatic heterocycles. The lowest BCUT2D eigenvalue weighted by atomic mass is 9.69. The molecule has 2 heterocycles. The van der Waals surface area contributed by atoms with E-state index in [1.165, 1.54) is 19.3 Å². The third kappa shape index (κ3) is 3.05. The van der Waals surface area contributed by atoms with Crippen molar-refractivity contribution in [1.29, 1.82) is 0 Å². The lowest BCUT2D eigenvalue weighted by molar-refractivity contribution is 0.0824. The number of hydrogen-bond donors (Lipinski definition) is 3. The number of amides is 1. The number of carbonyl (C=O) groups excluding carboxylic acids is 1. The highest BCUT2D eigenvalue weighted by Crippen LogP contribution is 2.38. The smallest absolute Gasteiger partial charge is 0.272 e. The standard InChI is InChI=1S/C17H28N4O/c1-17(2,3)12-6-4-5-7-14(12)19-16(22)15-11-10-18-9-8-13(11)20-21-15/h12,14,18H,4-10H2,1-3H3,(H,19,22)(H,20,21). The van der Waals surface area contributed by atoms with E-state index in [0.717, 1.165) is 37.2 Å². The minimum absolute atomic E-state index is 0.0117. The molecule has 0 aromatic carbocycles. The number of H-pyrrole nitrogens is 1. The van der Waals surface area contributed by atoms with Crippen molar-refractivity contribution in [3.63, 3.8) is 0 Å². The first kappa shape index (κ1) is 15.5. The maximum atomic E-state index is 12.7. The van der Waals surface area contributed by atoms with Crippen molar-refractivity contribution in [2.45, 2.75) is 65.5 Å². The van der Waals surface area contributed by atoms with Gasteiger partial charge in [-0.25, -0.2) is 0 Å². The van der Waals surface area contributed by atoms with E-state index >= 15 is 0 Å². The third-order valence-corrected chi connectivity index (χ3v) is 5.22. The molecule has 22 heavy (non-hydrogen) atoms. The molecule has 0 spiro atoms. The van der Waals surface area contributed by atoms with Crippen LogP contribution in [0, 0.1) is 11.3 Å². The second-order valence-corrected chi connectivity index (χ2v) is 7.79. The summed E-state index contributed by atoms with van der Waals surface area (Å²) in [6.45, 7) is 8.53. The molecule has 3 N–H and O–H groups in total. The average molecular weight is 304 g/mol. The van der Waals surface area contributed by atoms with Gasteiger partial charge in [-0.2, -0.15) is 5.10 Å². The molecule has 1 saturated carbocycles. The van der Waals surface area contributed by atoms with Crippen LogP contribution in [0.1, 0.15) is 68.2 Å². The molecule has 1 amide bonds. The number of carbonyl (C=O) groups is 1. The van der Waals surface area contributed by atoms with Gasteiger partial charge in [-0.1, -0.05) is 33.6 Å². The van der Waals surface area contributed by atoms with Crippen LogP contribution in [0.15, 0.2) is 0 Å². The summed E-state index contributed by atoms with van der Waals surface area (Å²) in [5.41, 5.74) is 2.97. The Morgan fingerprint density at radius 3 is 2.82 bits per heavy atom. The zero-order valence-corrected chi connectivity index (χ0v) is 14.0. The summed E-state index contributed by atoms with van der Waals surface area (Å²) in [6.07, 6.45) is 5.69. The molecular formula is C17H28N4O. The van der Waals surface area contributed by atoms with E-state index in [-0.39, 0.29) is 17.4 Å². The van der Waals surface area contributed by atoms with Gasteiger partial charge in [-0.05, 0) is 24.2 Å². The molecule has 122 valence electrons. The first-order valence-corrected chi connectivity index (χ1v) is 8.54. The molecule has 0 radical (unpaired) electrons. The Labute approximate surface area is 132 Å². The molecule has 2 aliphatic rings. The Bertz CT molecular complexity index is 543. The minimum atomic E-state index is -0.0117. The molecule has 5 heteroatoms. The maximum Gasteiger partial charge on any atom is 0.272 e. The monoisotopic (exact) mass is 304 g/mol. The molecular weight excluding hydrogens is 276 g/mol. The van der Waals surface area contributed by atoms with Crippen LogP contribution in [-0.4, -0.2) is 28.7 Å². The molecule has 1 aromatic rings. The molecule has 2 unspecified atom stereocenters. The fourth-order valence-corrected chi connectivity index (χ4v) is 3.99. The van der Waals surface area contributed by atoms with Gasteiger partial charge in [0.15, 0.2) is 5.69 Å². The van der Waals surface area contributed by atoms with Crippen molar-refractivity contribution in [2.75, 3.05) is 6.54 Å². The van der Waals surface area contributed by atoms with E-state index in [1.54, 1.807) is 0 Å². The number of nitrogens with one attached hydrogen (secondary N) is 3. The Kier molecular flexibility index (Phi) is 4.26. The lowest BCUT2D eigenvalue weighted by Gasteiger charge is -2.40. The first-order valence-electron chi connectivity index (χ1n) is 8.54. The van der Waals surface area contributed by atoms with Crippen molar-refractivity contribution in [3.8, 4) is 0 Å². The highest BCUT2D eigenvalue weighted by Gasteiger charge is 2.35. The number of rotatable bonds is 2. The van der Waals surface area contributed by atoms with E-state index in [1.807, 2.05) is 0 Å². The molecule has 5 nitrogen and oxygen atoms in total. The lowest BCUT2D eigenvalue weighted by Crippen LogP contribution is -2.47. The Morgan fingerprint density at radius 1 is 1.27 bits per heavy atom. The SMILES string of the molecule is CC(C)(C)C1CCCCC1NC(=O)c1n[nH]c2c1CNCC2. The Hall–Kier alpha value is -1.36. The summed E-state index contributed by atoms with van der Waals surface area (Å²) in [5, 5.41) is 13.9. The normalized spacial score (nSPS) is 25.6. The number of nitrogens with zero attached hydrogens (tertiary/aromatic N) is 1. The zero-order chi connectivity index (χ0) is 15.7. The Balaban J connectivity index is 1.74. The Morgan fingerprint density at radius 2 is 2.05 bits per heavy atom. The maximum absolute atomic E-state index is 12.7. The van der Waals surface area contributed by atoms with Gasteiger partial charge in [0, 0.05) is 36.8 Å².